The number of nitrogens with zero attached hydrogens (tertiary/aromatic N) is 2. The van der Waals surface area contributed by atoms with E-state index >= 15 is 0 Å². The van der Waals surface area contributed by atoms with Crippen LogP contribution < -0.4 is 56.5 Å². The molecule has 0 saturated carbocycles. The van der Waals surface area contributed by atoms with Crippen LogP contribution in [0.3, 0.4) is 0 Å². The molecule has 0 aliphatic carbocycles. The van der Waals surface area contributed by atoms with Crippen LogP contribution in [0.25, 0.3) is 0 Å². The number of carboxylic acids is 1. The fourth-order valence-electron chi connectivity index (χ4n) is 0.405. The summed E-state index contributed by atoms with van der Waals surface area (Å²) in [6, 6.07) is 1.53. The van der Waals surface area contributed by atoms with Crippen LogP contribution in [0.4, 0.5) is 0 Å². The predicted octanol–water partition coefficient (Wildman–Crippen LogP) is -4.16. The molecule has 0 aromatic carbocycles. The van der Waals surface area contributed by atoms with Crippen LogP contribution in [0.15, 0.2) is 18.5 Å². The van der Waals surface area contributed by atoms with Gasteiger partial charge >= 0.3 is 51.4 Å². The molecule has 0 N–H and O–H groups in total. The summed E-state index contributed by atoms with van der Waals surface area (Å²) in [5, 5.41) is 9.96. The predicted molar refractivity (Wildman–Crippen MR) is 26.4 cm³/mol. The van der Waals surface area contributed by atoms with E-state index in [1.807, 2.05) is 0 Å². The van der Waals surface area contributed by atoms with E-state index in [-0.39, 0.29) is 57.2 Å². The minimum atomic E-state index is -1.35. The molecule has 1 aromatic rings. The molecule has 0 aliphatic rings. The number of carbonyl (C=O) groups is 1. The molecule has 0 radical (unpaired) electrons. The van der Waals surface area contributed by atoms with Gasteiger partial charge in [-0.15, -0.1) is 0 Å². The molecule has 5 heteroatoms. The molecule has 0 spiro atoms. The fraction of sp³-hybridized carbons (Fsp3) is 0. The first kappa shape index (κ1) is 10.2. The third-order valence-corrected chi connectivity index (χ3v) is 0.748. The molecule has 1 heterocycles. The largest absolute Gasteiger partial charge is 1.00 e. The number of aromatic nitrogens is 2. The molecule has 0 atom stereocenters. The summed E-state index contributed by atoms with van der Waals surface area (Å²) < 4.78 is 0. The Balaban J connectivity index is 0.000000810. The van der Waals surface area contributed by atoms with Crippen molar-refractivity contribution in [1.29, 1.82) is 0 Å². The summed E-state index contributed by atoms with van der Waals surface area (Å²) in [5.41, 5.74) is 0. The van der Waals surface area contributed by atoms with Crippen molar-refractivity contribution in [2.24, 2.45) is 0 Å². The topological polar surface area (TPSA) is 65.9 Å². The van der Waals surface area contributed by atoms with Crippen LogP contribution in [0.1, 0.15) is 10.6 Å². The van der Waals surface area contributed by atoms with Gasteiger partial charge in [0.1, 0.15) is 5.97 Å². The van der Waals surface area contributed by atoms with Crippen LogP contribution in [-0.2, 0) is 0 Å². The first-order valence-electron chi connectivity index (χ1n) is 2.29. The van der Waals surface area contributed by atoms with E-state index in [0.29, 0.717) is 0 Å². The molecule has 1 rings (SSSR count). The second-order valence-electron chi connectivity index (χ2n) is 1.36. The van der Waals surface area contributed by atoms with Gasteiger partial charge in [0.25, 0.3) is 0 Å². The fourth-order valence-corrected chi connectivity index (χ4v) is 0.405. The summed E-state index contributed by atoms with van der Waals surface area (Å²) in [4.78, 5) is 16.8. The summed E-state index contributed by atoms with van der Waals surface area (Å²) in [5.74, 6) is -1.63. The van der Waals surface area contributed by atoms with Gasteiger partial charge in [0, 0.05) is 12.4 Å². The second kappa shape index (κ2) is 4.92. The Morgan fingerprint density at radius 2 is 1.90 bits per heavy atom. The third kappa shape index (κ3) is 2.85. The zero-order valence-corrected chi connectivity index (χ0v) is 8.57. The number of carboxylic acid groups (broad SMARTS) is 1. The Morgan fingerprint density at radius 3 is 2.20 bits per heavy atom. The van der Waals surface area contributed by atoms with Crippen LogP contribution in [0.2, 0.25) is 0 Å². The van der Waals surface area contributed by atoms with Crippen molar-refractivity contribution < 1.29 is 61.3 Å². The first-order chi connectivity index (χ1) is 4.30. The Kier molecular flexibility index (Phi) is 5.01. The van der Waals surface area contributed by atoms with E-state index in [4.69, 9.17) is 0 Å². The Morgan fingerprint density at radius 1 is 1.40 bits per heavy atom. The number of hydrogen-bond acceptors (Lipinski definition) is 4. The van der Waals surface area contributed by atoms with E-state index in [2.05, 4.69) is 9.97 Å². The smallest absolute Gasteiger partial charge is 0.542 e. The van der Waals surface area contributed by atoms with Crippen LogP contribution in [0.5, 0.6) is 0 Å². The van der Waals surface area contributed by atoms with Gasteiger partial charge in [-0.1, -0.05) is 0 Å². The quantitative estimate of drug-likeness (QED) is 0.393. The van der Waals surface area contributed by atoms with Crippen molar-refractivity contribution in [2.45, 2.75) is 0 Å². The van der Waals surface area contributed by atoms with E-state index in [0.717, 1.165) is 0 Å². The van der Waals surface area contributed by atoms with Crippen molar-refractivity contribution >= 4 is 5.97 Å². The Labute approximate surface area is 100 Å². The molecule has 0 aliphatic heterocycles. The number of aromatic carboxylic acids is 1. The number of hydrogen-bond donors (Lipinski definition) is 0. The standard InChI is InChI=1S/C5H4N2O2.K/c8-5(9)4-6-2-1-3-7-4;/h1-3H,(H,8,9);/q;+1/p-1. The molecule has 0 saturated heterocycles. The van der Waals surface area contributed by atoms with E-state index in [9.17, 15) is 9.90 Å². The van der Waals surface area contributed by atoms with Gasteiger partial charge in [0.2, 0.25) is 0 Å². The molecule has 10 heavy (non-hydrogen) atoms. The summed E-state index contributed by atoms with van der Waals surface area (Å²) in [6.45, 7) is 0. The third-order valence-electron chi connectivity index (χ3n) is 0.748. The van der Waals surface area contributed by atoms with E-state index in [1.165, 1.54) is 18.5 Å². The average Bonchev–Trinajstić information content (AvgIpc) is 1.90. The summed E-state index contributed by atoms with van der Waals surface area (Å²) >= 11 is 0. The maximum Gasteiger partial charge on any atom is 1.00 e. The molecule has 0 amide bonds. The van der Waals surface area contributed by atoms with Crippen molar-refractivity contribution in [3.8, 4) is 0 Å². The minimum Gasteiger partial charge on any atom is -0.542 e. The van der Waals surface area contributed by atoms with E-state index in [1.54, 1.807) is 0 Å². The van der Waals surface area contributed by atoms with Crippen LogP contribution in [0, 0.1) is 0 Å². The van der Waals surface area contributed by atoms with Gasteiger partial charge < -0.3 is 9.90 Å². The molecule has 0 bridgehead atoms. The van der Waals surface area contributed by atoms with Crippen molar-refractivity contribution in [3.63, 3.8) is 0 Å². The van der Waals surface area contributed by atoms with Gasteiger partial charge in [-0.05, 0) is 6.07 Å². The maximum atomic E-state index is 9.96. The Bertz CT molecular complexity index is 214. The maximum absolute atomic E-state index is 9.96. The normalized spacial score (nSPS) is 8.00. The average molecular weight is 162 g/mol. The molecule has 4 nitrogen and oxygen atoms in total. The van der Waals surface area contributed by atoms with Gasteiger partial charge in [-0.2, -0.15) is 0 Å². The zero-order chi connectivity index (χ0) is 6.69. The summed E-state index contributed by atoms with van der Waals surface area (Å²) in [6.07, 6.45) is 2.69. The van der Waals surface area contributed by atoms with Gasteiger partial charge in [-0.25, -0.2) is 9.97 Å². The molecule has 1 aromatic heterocycles. The zero-order valence-electron chi connectivity index (χ0n) is 5.44. The molecule has 0 unspecified atom stereocenters. The second-order valence-corrected chi connectivity index (χ2v) is 1.36. The van der Waals surface area contributed by atoms with Crippen LogP contribution >= 0.6 is 0 Å². The van der Waals surface area contributed by atoms with E-state index < -0.39 is 5.97 Å². The SMILES string of the molecule is O=C([O-])c1ncccn1.[K+]. The number of rotatable bonds is 1. The number of carbonyl (C=O) groups excluding carboxylic acids is 1. The minimum absolute atomic E-state index is 0. The van der Waals surface area contributed by atoms with Crippen molar-refractivity contribution in [3.05, 3.63) is 24.3 Å². The van der Waals surface area contributed by atoms with Crippen LogP contribution in [-0.4, -0.2) is 15.9 Å². The molecular formula is C5H3KN2O2. The molecule has 0 fully saturated rings. The van der Waals surface area contributed by atoms with Crippen molar-refractivity contribution in [1.82, 2.24) is 9.97 Å². The van der Waals surface area contributed by atoms with Gasteiger partial charge in [0.15, 0.2) is 5.82 Å². The van der Waals surface area contributed by atoms with Crippen molar-refractivity contribution in [2.75, 3.05) is 0 Å². The Hall–Kier alpha value is 0.186. The molecule has 46 valence electrons. The first-order valence-corrected chi connectivity index (χ1v) is 2.29. The van der Waals surface area contributed by atoms with Gasteiger partial charge in [0.05, 0.1) is 0 Å². The molecular weight excluding hydrogens is 159 g/mol. The summed E-state index contributed by atoms with van der Waals surface area (Å²) in [7, 11) is 0. The van der Waals surface area contributed by atoms with Gasteiger partial charge in [-0.3, -0.25) is 0 Å². The monoisotopic (exact) mass is 162 g/mol.